The summed E-state index contributed by atoms with van der Waals surface area (Å²) < 4.78 is 22.1. The van der Waals surface area contributed by atoms with Gasteiger partial charge in [0.1, 0.15) is 18.4 Å². The molecular weight excluding hydrogens is 563 g/mol. The molecule has 2 amide bonds. The number of hydrogen-bond donors (Lipinski definition) is 3. The first-order chi connectivity index (χ1) is 19.2. The molecule has 0 aliphatic carbocycles. The number of benzene rings is 3. The van der Waals surface area contributed by atoms with E-state index in [1.54, 1.807) is 54.6 Å². The van der Waals surface area contributed by atoms with Crippen LogP contribution in [0.5, 0.6) is 5.75 Å². The Labute approximate surface area is 239 Å². The molecule has 1 aliphatic rings. The summed E-state index contributed by atoms with van der Waals surface area (Å²) in [6, 6.07) is 19.6. The molecule has 1 heterocycles. The summed E-state index contributed by atoms with van der Waals surface area (Å²) in [6.07, 6.45) is -4.27. The monoisotopic (exact) mass is 588 g/mol. The van der Waals surface area contributed by atoms with Crippen LogP contribution in [0.4, 0.5) is 0 Å². The fourth-order valence-electron chi connectivity index (χ4n) is 3.86. The summed E-state index contributed by atoms with van der Waals surface area (Å²) in [4.78, 5) is 36.6. The van der Waals surface area contributed by atoms with Crippen molar-refractivity contribution in [3.63, 3.8) is 0 Å². The van der Waals surface area contributed by atoms with Gasteiger partial charge < -0.3 is 35.1 Å². The Morgan fingerprint density at radius 3 is 2.20 bits per heavy atom. The van der Waals surface area contributed by atoms with Crippen LogP contribution in [0.2, 0.25) is 10.0 Å². The molecular formula is C28H26Cl2N2O8. The van der Waals surface area contributed by atoms with Crippen LogP contribution in [0.3, 0.4) is 0 Å². The van der Waals surface area contributed by atoms with E-state index in [1.165, 1.54) is 0 Å². The summed E-state index contributed by atoms with van der Waals surface area (Å²) in [5, 5.41) is 13.2. The van der Waals surface area contributed by atoms with E-state index in [-0.39, 0.29) is 19.6 Å². The molecule has 12 heteroatoms. The number of halogens is 2. The number of amides is 2. The van der Waals surface area contributed by atoms with Crippen molar-refractivity contribution in [3.05, 3.63) is 99.5 Å². The van der Waals surface area contributed by atoms with Crippen LogP contribution in [0.15, 0.2) is 72.8 Å². The molecule has 4 N–H and O–H groups in total. The average molecular weight is 589 g/mol. The number of hydrogen-bond acceptors (Lipinski definition) is 7. The van der Waals surface area contributed by atoms with Gasteiger partial charge >= 0.3 is 5.97 Å². The average Bonchev–Trinajstić information content (AvgIpc) is 3.37. The Balaban J connectivity index is 1.37. The van der Waals surface area contributed by atoms with Crippen LogP contribution in [-0.4, -0.2) is 47.6 Å². The van der Waals surface area contributed by atoms with E-state index in [9.17, 15) is 19.5 Å². The van der Waals surface area contributed by atoms with E-state index >= 15 is 0 Å². The minimum Gasteiger partial charge on any atom is -0.489 e. The zero-order valence-electron chi connectivity index (χ0n) is 21.0. The molecule has 0 spiro atoms. The molecule has 1 saturated heterocycles. The van der Waals surface area contributed by atoms with Crippen molar-refractivity contribution < 1.29 is 38.4 Å². The van der Waals surface area contributed by atoms with Crippen LogP contribution in [0.25, 0.3) is 0 Å². The zero-order chi connectivity index (χ0) is 28.6. The van der Waals surface area contributed by atoms with Gasteiger partial charge in [0.15, 0.2) is 12.4 Å². The van der Waals surface area contributed by atoms with Gasteiger partial charge in [-0.3, -0.25) is 9.59 Å². The van der Waals surface area contributed by atoms with Crippen molar-refractivity contribution >= 4 is 41.0 Å². The second-order valence-corrected chi connectivity index (χ2v) is 9.64. The zero-order valence-corrected chi connectivity index (χ0v) is 22.5. The minimum atomic E-state index is -1.52. The lowest BCUT2D eigenvalue weighted by atomic mass is 10.1. The number of nitrogens with two attached hydrogens (primary N) is 1. The largest absolute Gasteiger partial charge is 0.489 e. The van der Waals surface area contributed by atoms with Gasteiger partial charge in [0.05, 0.1) is 6.61 Å². The van der Waals surface area contributed by atoms with Crippen LogP contribution in [0, 0.1) is 0 Å². The molecule has 1 unspecified atom stereocenters. The first-order valence-corrected chi connectivity index (χ1v) is 12.9. The van der Waals surface area contributed by atoms with E-state index < -0.39 is 42.5 Å². The van der Waals surface area contributed by atoms with E-state index in [0.717, 1.165) is 5.56 Å². The molecule has 4 rings (SSSR count). The second kappa shape index (κ2) is 13.6. The number of ether oxygens (including phenoxy) is 4. The predicted molar refractivity (Wildman–Crippen MR) is 144 cm³/mol. The van der Waals surface area contributed by atoms with Crippen molar-refractivity contribution in [1.29, 1.82) is 0 Å². The third kappa shape index (κ3) is 7.71. The molecule has 3 aromatic rings. The number of carboxylic acid groups (broad SMARTS) is 1. The SMILES string of the molecule is NC(=O)C1O[C@@H](OCc2ccccc2)[C@H](C(=O)N[C@@H](Cc2ccc(OCc3c(Cl)cccc3Cl)cc2)C(=O)O)O1. The molecule has 0 saturated carbocycles. The Hall–Kier alpha value is -3.67. The third-order valence-corrected chi connectivity index (χ3v) is 6.65. The van der Waals surface area contributed by atoms with Gasteiger partial charge in [-0.05, 0) is 35.4 Å². The molecule has 10 nitrogen and oxygen atoms in total. The van der Waals surface area contributed by atoms with Crippen LogP contribution in [0.1, 0.15) is 16.7 Å². The van der Waals surface area contributed by atoms with Gasteiger partial charge in [0.2, 0.25) is 6.29 Å². The highest BCUT2D eigenvalue weighted by Crippen LogP contribution is 2.26. The number of carbonyl (C=O) groups excluding carboxylic acids is 2. The smallest absolute Gasteiger partial charge is 0.326 e. The van der Waals surface area contributed by atoms with Crippen molar-refractivity contribution in [3.8, 4) is 5.75 Å². The third-order valence-electron chi connectivity index (χ3n) is 5.95. The first kappa shape index (κ1) is 29.3. The van der Waals surface area contributed by atoms with Gasteiger partial charge in [-0.15, -0.1) is 0 Å². The van der Waals surface area contributed by atoms with E-state index in [1.807, 2.05) is 18.2 Å². The van der Waals surface area contributed by atoms with Crippen molar-refractivity contribution in [1.82, 2.24) is 5.32 Å². The van der Waals surface area contributed by atoms with Gasteiger partial charge in [0.25, 0.3) is 11.8 Å². The lowest BCUT2D eigenvalue weighted by Crippen LogP contribution is -2.49. The maximum atomic E-state index is 13.0. The molecule has 3 aromatic carbocycles. The van der Waals surface area contributed by atoms with Gasteiger partial charge in [-0.2, -0.15) is 0 Å². The maximum Gasteiger partial charge on any atom is 0.326 e. The lowest BCUT2D eigenvalue weighted by Gasteiger charge is -2.20. The van der Waals surface area contributed by atoms with Crippen LogP contribution < -0.4 is 15.8 Å². The molecule has 4 atom stereocenters. The topological polar surface area (TPSA) is 146 Å². The minimum absolute atomic E-state index is 0.0416. The number of carboxylic acids is 1. The Morgan fingerprint density at radius 1 is 0.900 bits per heavy atom. The van der Waals surface area contributed by atoms with Gasteiger partial charge in [-0.25, -0.2) is 4.79 Å². The normalized spacial score (nSPS) is 19.1. The van der Waals surface area contributed by atoms with Crippen LogP contribution >= 0.6 is 23.2 Å². The molecule has 1 aliphatic heterocycles. The Kier molecular flexibility index (Phi) is 9.97. The quantitative estimate of drug-likeness (QED) is 0.291. The standard InChI is InChI=1S/C28H26Cl2N2O8/c29-20-7-4-8-21(30)19(20)15-37-18-11-9-16(10-12-18)13-22(26(35)36)32-25(34)23-27(40-28(39-23)24(31)33)38-14-17-5-2-1-3-6-17/h1-12,22-23,27-28H,13-15H2,(H2,31,33)(H,32,34)(H,35,36)/t22-,23-,27+,28?/m0/s1. The fraction of sp³-hybridized carbons (Fsp3) is 0.250. The molecule has 0 bridgehead atoms. The number of nitrogens with one attached hydrogen (secondary N) is 1. The molecule has 0 radical (unpaired) electrons. The fourth-order valence-corrected chi connectivity index (χ4v) is 4.37. The highest BCUT2D eigenvalue weighted by Gasteiger charge is 2.45. The molecule has 0 aromatic heterocycles. The highest BCUT2D eigenvalue weighted by atomic mass is 35.5. The van der Waals surface area contributed by atoms with Gasteiger partial charge in [-0.1, -0.05) is 71.7 Å². The molecule has 1 fully saturated rings. The van der Waals surface area contributed by atoms with Crippen molar-refractivity contribution in [2.45, 2.75) is 44.4 Å². The summed E-state index contributed by atoms with van der Waals surface area (Å²) in [5.41, 5.74) is 7.32. The number of carbonyl (C=O) groups is 3. The summed E-state index contributed by atoms with van der Waals surface area (Å²) in [6.45, 7) is 0.207. The van der Waals surface area contributed by atoms with E-state index in [0.29, 0.717) is 26.9 Å². The summed E-state index contributed by atoms with van der Waals surface area (Å²) in [5.74, 6) is -2.53. The molecule has 40 heavy (non-hydrogen) atoms. The van der Waals surface area contributed by atoms with Crippen molar-refractivity contribution in [2.24, 2.45) is 5.73 Å². The predicted octanol–water partition coefficient (Wildman–Crippen LogP) is 3.45. The maximum absolute atomic E-state index is 13.0. The van der Waals surface area contributed by atoms with E-state index in [2.05, 4.69) is 5.32 Å². The van der Waals surface area contributed by atoms with Crippen LogP contribution in [-0.2, 0) is 48.2 Å². The highest BCUT2D eigenvalue weighted by molar-refractivity contribution is 6.35. The number of rotatable bonds is 12. The van der Waals surface area contributed by atoms with Crippen molar-refractivity contribution in [2.75, 3.05) is 0 Å². The van der Waals surface area contributed by atoms with E-state index in [4.69, 9.17) is 47.9 Å². The summed E-state index contributed by atoms with van der Waals surface area (Å²) >= 11 is 12.3. The number of aliphatic carboxylic acids is 1. The Morgan fingerprint density at radius 2 is 1.57 bits per heavy atom. The lowest BCUT2D eigenvalue weighted by molar-refractivity contribution is -0.167. The summed E-state index contributed by atoms with van der Waals surface area (Å²) in [7, 11) is 0. The second-order valence-electron chi connectivity index (χ2n) is 8.83. The molecule has 210 valence electrons. The van der Waals surface area contributed by atoms with Gasteiger partial charge in [0, 0.05) is 22.0 Å². The Bertz CT molecular complexity index is 1320. The number of primary amides is 1. The first-order valence-electron chi connectivity index (χ1n) is 12.1.